The Bertz CT molecular complexity index is 415. The lowest BCUT2D eigenvalue weighted by Crippen LogP contribution is -2.14. The first kappa shape index (κ1) is 13.7. The van der Waals surface area contributed by atoms with Crippen LogP contribution in [0, 0.1) is 0 Å². The van der Waals surface area contributed by atoms with Crippen LogP contribution < -0.4 is 14.8 Å². The summed E-state index contributed by atoms with van der Waals surface area (Å²) in [7, 11) is 1.67. The summed E-state index contributed by atoms with van der Waals surface area (Å²) < 4.78 is 12.3. The maximum Gasteiger partial charge on any atom is 0.161 e. The van der Waals surface area contributed by atoms with Crippen LogP contribution >= 0.6 is 15.9 Å². The summed E-state index contributed by atoms with van der Waals surface area (Å²) in [5, 5.41) is 3.51. The summed E-state index contributed by atoms with van der Waals surface area (Å²) in [5.74, 6) is 1.59. The lowest BCUT2D eigenvalue weighted by atomic mass is 10.0. The molecule has 1 unspecified atom stereocenters. The molecule has 1 aromatic carbocycles. The molecule has 3 nitrogen and oxygen atoms in total. The van der Waals surface area contributed by atoms with Crippen molar-refractivity contribution < 1.29 is 9.47 Å². The Balaban J connectivity index is 2.34. The molecule has 0 amide bonds. The van der Waals surface area contributed by atoms with E-state index in [1.165, 1.54) is 18.4 Å². The normalized spacial score (nSPS) is 19.3. The van der Waals surface area contributed by atoms with Gasteiger partial charge in [0.1, 0.15) is 0 Å². The number of benzene rings is 1. The fourth-order valence-corrected chi connectivity index (χ4v) is 2.87. The van der Waals surface area contributed by atoms with E-state index >= 15 is 0 Å². The van der Waals surface area contributed by atoms with Crippen molar-refractivity contribution in [3.8, 4) is 11.5 Å². The molecule has 1 saturated heterocycles. The van der Waals surface area contributed by atoms with Crippen molar-refractivity contribution in [2.75, 3.05) is 13.7 Å². The average Bonchev–Trinajstić information content (AvgIpc) is 2.83. The molecule has 0 saturated carbocycles. The summed E-state index contributed by atoms with van der Waals surface area (Å²) in [6.07, 6.45) is 2.54. The van der Waals surface area contributed by atoms with Crippen molar-refractivity contribution >= 4 is 15.9 Å². The molecular formula is C14H20BrNO2. The average molecular weight is 314 g/mol. The van der Waals surface area contributed by atoms with Gasteiger partial charge in [-0.05, 0) is 50.9 Å². The van der Waals surface area contributed by atoms with E-state index in [-0.39, 0.29) is 6.10 Å². The predicted octanol–water partition coefficient (Wildman–Crippen LogP) is 3.67. The van der Waals surface area contributed by atoms with Gasteiger partial charge in [-0.3, -0.25) is 0 Å². The Kier molecular flexibility index (Phi) is 4.51. The van der Waals surface area contributed by atoms with Crippen molar-refractivity contribution in [3.63, 3.8) is 0 Å². The Morgan fingerprint density at radius 2 is 2.11 bits per heavy atom. The number of hydrogen-bond acceptors (Lipinski definition) is 3. The van der Waals surface area contributed by atoms with E-state index in [9.17, 15) is 0 Å². The zero-order valence-electron chi connectivity index (χ0n) is 11.1. The first-order chi connectivity index (χ1) is 8.61. The largest absolute Gasteiger partial charge is 0.493 e. The van der Waals surface area contributed by atoms with Gasteiger partial charge in [-0.1, -0.05) is 15.9 Å². The third-order valence-electron chi connectivity index (χ3n) is 3.08. The lowest BCUT2D eigenvalue weighted by molar-refractivity contribution is 0.229. The van der Waals surface area contributed by atoms with Gasteiger partial charge in [0.25, 0.3) is 0 Å². The monoisotopic (exact) mass is 313 g/mol. The molecule has 0 radical (unpaired) electrons. The SMILES string of the molecule is COc1cc(Br)c(C2CCCN2)cc1OC(C)C. The first-order valence-electron chi connectivity index (χ1n) is 6.39. The fraction of sp³-hybridized carbons (Fsp3) is 0.571. The Morgan fingerprint density at radius 3 is 2.67 bits per heavy atom. The molecule has 0 spiro atoms. The molecule has 1 aromatic rings. The number of nitrogens with one attached hydrogen (secondary N) is 1. The minimum absolute atomic E-state index is 0.143. The maximum atomic E-state index is 5.82. The smallest absolute Gasteiger partial charge is 0.161 e. The van der Waals surface area contributed by atoms with E-state index in [1.807, 2.05) is 19.9 Å². The maximum absolute atomic E-state index is 5.82. The summed E-state index contributed by atoms with van der Waals surface area (Å²) in [5.41, 5.74) is 1.25. The standard InChI is InChI=1S/C14H20BrNO2/c1-9(2)18-14-7-10(12-5-4-6-16-12)11(15)8-13(14)17-3/h7-9,12,16H,4-6H2,1-3H3. The quantitative estimate of drug-likeness (QED) is 0.920. The molecule has 1 heterocycles. The summed E-state index contributed by atoms with van der Waals surface area (Å²) in [6.45, 7) is 5.13. The third-order valence-corrected chi connectivity index (χ3v) is 3.77. The van der Waals surface area contributed by atoms with E-state index in [1.54, 1.807) is 7.11 Å². The van der Waals surface area contributed by atoms with Gasteiger partial charge in [-0.15, -0.1) is 0 Å². The number of rotatable bonds is 4. The van der Waals surface area contributed by atoms with Crippen LogP contribution in [0.1, 0.15) is 38.3 Å². The van der Waals surface area contributed by atoms with Gasteiger partial charge in [0, 0.05) is 10.5 Å². The molecule has 100 valence electrons. The Labute approximate surface area is 117 Å². The fourth-order valence-electron chi connectivity index (χ4n) is 2.27. The van der Waals surface area contributed by atoms with Gasteiger partial charge in [-0.25, -0.2) is 0 Å². The van der Waals surface area contributed by atoms with Crippen LogP contribution in [0.25, 0.3) is 0 Å². The highest BCUT2D eigenvalue weighted by molar-refractivity contribution is 9.10. The predicted molar refractivity (Wildman–Crippen MR) is 76.4 cm³/mol. The second-order valence-electron chi connectivity index (χ2n) is 4.84. The molecule has 0 bridgehead atoms. The zero-order chi connectivity index (χ0) is 13.1. The molecule has 18 heavy (non-hydrogen) atoms. The number of halogens is 1. The van der Waals surface area contributed by atoms with Crippen molar-refractivity contribution in [2.45, 2.75) is 38.8 Å². The van der Waals surface area contributed by atoms with Crippen LogP contribution in [-0.2, 0) is 0 Å². The highest BCUT2D eigenvalue weighted by Crippen LogP contribution is 2.38. The lowest BCUT2D eigenvalue weighted by Gasteiger charge is -2.19. The van der Waals surface area contributed by atoms with Crippen LogP contribution in [0.4, 0.5) is 0 Å². The minimum atomic E-state index is 0.143. The van der Waals surface area contributed by atoms with Crippen LogP contribution in [0.2, 0.25) is 0 Å². The van der Waals surface area contributed by atoms with E-state index in [4.69, 9.17) is 9.47 Å². The second kappa shape index (κ2) is 5.93. The van der Waals surface area contributed by atoms with Gasteiger partial charge in [0.2, 0.25) is 0 Å². The molecular weight excluding hydrogens is 294 g/mol. The molecule has 1 fully saturated rings. The number of hydrogen-bond donors (Lipinski definition) is 1. The van der Waals surface area contributed by atoms with Gasteiger partial charge in [0.15, 0.2) is 11.5 Å². The Morgan fingerprint density at radius 1 is 1.33 bits per heavy atom. The van der Waals surface area contributed by atoms with Crippen LogP contribution in [-0.4, -0.2) is 19.8 Å². The molecule has 2 rings (SSSR count). The van der Waals surface area contributed by atoms with Gasteiger partial charge < -0.3 is 14.8 Å². The van der Waals surface area contributed by atoms with Crippen molar-refractivity contribution in [1.29, 1.82) is 0 Å². The first-order valence-corrected chi connectivity index (χ1v) is 7.18. The van der Waals surface area contributed by atoms with E-state index in [0.717, 1.165) is 22.5 Å². The van der Waals surface area contributed by atoms with E-state index in [2.05, 4.69) is 27.3 Å². The van der Waals surface area contributed by atoms with Crippen LogP contribution in [0.15, 0.2) is 16.6 Å². The van der Waals surface area contributed by atoms with Crippen molar-refractivity contribution in [2.24, 2.45) is 0 Å². The molecule has 1 aliphatic heterocycles. The number of methoxy groups -OCH3 is 1. The third kappa shape index (κ3) is 2.98. The molecule has 1 N–H and O–H groups in total. The highest BCUT2D eigenvalue weighted by Gasteiger charge is 2.21. The van der Waals surface area contributed by atoms with Gasteiger partial charge in [0.05, 0.1) is 13.2 Å². The second-order valence-corrected chi connectivity index (χ2v) is 5.69. The summed E-state index contributed by atoms with van der Waals surface area (Å²) in [4.78, 5) is 0. The molecule has 1 aliphatic rings. The molecule has 0 aliphatic carbocycles. The van der Waals surface area contributed by atoms with E-state index in [0.29, 0.717) is 6.04 Å². The Hall–Kier alpha value is -0.740. The summed E-state index contributed by atoms with van der Waals surface area (Å²) in [6, 6.07) is 4.50. The number of ether oxygens (including phenoxy) is 2. The van der Waals surface area contributed by atoms with Crippen molar-refractivity contribution in [1.82, 2.24) is 5.32 Å². The van der Waals surface area contributed by atoms with Crippen LogP contribution in [0.5, 0.6) is 11.5 Å². The van der Waals surface area contributed by atoms with Gasteiger partial charge >= 0.3 is 0 Å². The zero-order valence-corrected chi connectivity index (χ0v) is 12.7. The van der Waals surface area contributed by atoms with Crippen molar-refractivity contribution in [3.05, 3.63) is 22.2 Å². The highest BCUT2D eigenvalue weighted by atomic mass is 79.9. The topological polar surface area (TPSA) is 30.5 Å². The molecule has 1 atom stereocenters. The van der Waals surface area contributed by atoms with Crippen LogP contribution in [0.3, 0.4) is 0 Å². The van der Waals surface area contributed by atoms with Gasteiger partial charge in [-0.2, -0.15) is 0 Å². The minimum Gasteiger partial charge on any atom is -0.493 e. The summed E-state index contributed by atoms with van der Waals surface area (Å²) >= 11 is 3.62. The van der Waals surface area contributed by atoms with E-state index < -0.39 is 0 Å². The molecule has 4 heteroatoms. The molecule has 0 aromatic heterocycles.